The summed E-state index contributed by atoms with van der Waals surface area (Å²) in [7, 11) is -3.01. The molecule has 1 aromatic heterocycles. The van der Waals surface area contributed by atoms with Crippen molar-refractivity contribution in [1.29, 1.82) is 0 Å². The van der Waals surface area contributed by atoms with Gasteiger partial charge in [0, 0.05) is 31.6 Å². The smallest absolute Gasteiger partial charge is 0.226 e. The normalized spacial score (nSPS) is 25.2. The molecule has 0 N–H and O–H groups in total. The van der Waals surface area contributed by atoms with Gasteiger partial charge in [0.15, 0.2) is 15.0 Å². The van der Waals surface area contributed by atoms with Gasteiger partial charge in [-0.25, -0.2) is 13.4 Å². The number of carbonyl (C=O) groups is 1. The first-order chi connectivity index (χ1) is 10.4. The van der Waals surface area contributed by atoms with Gasteiger partial charge in [-0.1, -0.05) is 0 Å². The lowest BCUT2D eigenvalue weighted by molar-refractivity contribution is -0.134. The second kappa shape index (κ2) is 6.16. The van der Waals surface area contributed by atoms with E-state index in [1.807, 2.05) is 17.2 Å². The molecular weight excluding hydrogens is 322 g/mol. The number of hydrogen-bond acceptors (Lipinski definition) is 6. The van der Waals surface area contributed by atoms with Gasteiger partial charge in [0.2, 0.25) is 5.91 Å². The van der Waals surface area contributed by atoms with Gasteiger partial charge in [-0.05, 0) is 19.8 Å². The van der Waals surface area contributed by atoms with Crippen LogP contribution in [0.4, 0.5) is 5.13 Å². The third kappa shape index (κ3) is 3.43. The molecule has 3 rings (SSSR count). The Kier molecular flexibility index (Phi) is 4.40. The first-order valence-corrected chi connectivity index (χ1v) is 10.3. The van der Waals surface area contributed by atoms with E-state index in [4.69, 9.17) is 0 Å². The standard InChI is InChI=1S/C14H21N3O3S2/c1-11-9-21-14(15-11)17-5-2-4-16(6-7-17)13(18)12-3-8-22(19,20)10-12/h9,12H,2-8,10H2,1H3. The number of rotatable bonds is 2. The lowest BCUT2D eigenvalue weighted by atomic mass is 10.1. The molecule has 2 aliphatic heterocycles. The highest BCUT2D eigenvalue weighted by molar-refractivity contribution is 7.91. The molecule has 2 fully saturated rings. The average Bonchev–Trinajstić information content (AvgIpc) is 2.96. The first kappa shape index (κ1) is 15.7. The zero-order valence-electron chi connectivity index (χ0n) is 12.7. The second-order valence-corrected chi connectivity index (χ2v) is 9.10. The van der Waals surface area contributed by atoms with Crippen molar-refractivity contribution in [3.8, 4) is 0 Å². The molecule has 1 aromatic rings. The van der Waals surface area contributed by atoms with Crippen LogP contribution in [0.25, 0.3) is 0 Å². The molecule has 1 amide bonds. The summed E-state index contributed by atoms with van der Waals surface area (Å²) >= 11 is 1.63. The van der Waals surface area contributed by atoms with Crippen molar-refractivity contribution in [1.82, 2.24) is 9.88 Å². The van der Waals surface area contributed by atoms with E-state index in [-0.39, 0.29) is 23.3 Å². The highest BCUT2D eigenvalue weighted by Gasteiger charge is 2.35. The highest BCUT2D eigenvalue weighted by atomic mass is 32.2. The minimum atomic E-state index is -3.01. The molecule has 1 unspecified atom stereocenters. The molecule has 0 spiro atoms. The number of sulfone groups is 1. The number of aryl methyl sites for hydroxylation is 1. The van der Waals surface area contributed by atoms with E-state index in [1.165, 1.54) is 0 Å². The Hall–Kier alpha value is -1.15. The number of carbonyl (C=O) groups excluding carboxylic acids is 1. The van der Waals surface area contributed by atoms with Crippen LogP contribution in [0, 0.1) is 12.8 Å². The minimum absolute atomic E-state index is 0.0123. The summed E-state index contributed by atoms with van der Waals surface area (Å²) in [5.41, 5.74) is 1.02. The molecular formula is C14H21N3O3S2. The van der Waals surface area contributed by atoms with Gasteiger partial charge in [0.25, 0.3) is 0 Å². The van der Waals surface area contributed by atoms with E-state index < -0.39 is 9.84 Å². The minimum Gasteiger partial charge on any atom is -0.346 e. The molecule has 0 bridgehead atoms. The maximum absolute atomic E-state index is 12.5. The summed E-state index contributed by atoms with van der Waals surface area (Å²) in [6.45, 7) is 4.98. The van der Waals surface area contributed by atoms with Crippen LogP contribution in [-0.4, -0.2) is 61.9 Å². The third-order valence-corrected chi connectivity index (χ3v) is 7.05. The number of nitrogens with zero attached hydrogens (tertiary/aromatic N) is 3. The average molecular weight is 343 g/mol. The van der Waals surface area contributed by atoms with Crippen molar-refractivity contribution in [2.75, 3.05) is 42.6 Å². The molecule has 0 aromatic carbocycles. The van der Waals surface area contributed by atoms with Gasteiger partial charge < -0.3 is 9.80 Å². The molecule has 6 nitrogen and oxygen atoms in total. The Labute approximate surface area is 135 Å². The van der Waals surface area contributed by atoms with Crippen molar-refractivity contribution in [2.24, 2.45) is 5.92 Å². The molecule has 2 aliphatic rings. The van der Waals surface area contributed by atoms with Crippen LogP contribution in [-0.2, 0) is 14.6 Å². The Morgan fingerprint density at radius 3 is 2.77 bits per heavy atom. The maximum atomic E-state index is 12.5. The van der Waals surface area contributed by atoms with Crippen LogP contribution >= 0.6 is 11.3 Å². The molecule has 8 heteroatoms. The van der Waals surface area contributed by atoms with Crippen molar-refractivity contribution in [3.63, 3.8) is 0 Å². The largest absolute Gasteiger partial charge is 0.346 e. The molecule has 22 heavy (non-hydrogen) atoms. The molecule has 0 aliphatic carbocycles. The zero-order chi connectivity index (χ0) is 15.7. The van der Waals surface area contributed by atoms with Crippen molar-refractivity contribution in [2.45, 2.75) is 19.8 Å². The van der Waals surface area contributed by atoms with Gasteiger partial charge in [-0.2, -0.15) is 0 Å². The summed E-state index contributed by atoms with van der Waals surface area (Å²) < 4.78 is 23.1. The molecule has 122 valence electrons. The molecule has 3 heterocycles. The molecule has 2 saturated heterocycles. The fraction of sp³-hybridized carbons (Fsp3) is 0.714. The van der Waals surface area contributed by atoms with Crippen LogP contribution in [0.1, 0.15) is 18.5 Å². The lowest BCUT2D eigenvalue weighted by Gasteiger charge is -2.24. The molecule has 0 radical (unpaired) electrons. The van der Waals surface area contributed by atoms with E-state index in [1.54, 1.807) is 11.3 Å². The van der Waals surface area contributed by atoms with Crippen molar-refractivity contribution < 1.29 is 13.2 Å². The zero-order valence-corrected chi connectivity index (χ0v) is 14.3. The van der Waals surface area contributed by atoms with Gasteiger partial charge in [-0.3, -0.25) is 4.79 Å². The number of hydrogen-bond donors (Lipinski definition) is 0. The summed E-state index contributed by atoms with van der Waals surface area (Å²) in [5, 5.41) is 3.04. The van der Waals surface area contributed by atoms with Crippen molar-refractivity contribution in [3.05, 3.63) is 11.1 Å². The fourth-order valence-electron chi connectivity index (χ4n) is 3.06. The fourth-order valence-corrected chi connectivity index (χ4v) is 5.65. The Balaban J connectivity index is 1.62. The van der Waals surface area contributed by atoms with Crippen LogP contribution in [0.15, 0.2) is 5.38 Å². The third-order valence-electron chi connectivity index (χ3n) is 4.27. The van der Waals surface area contributed by atoms with E-state index in [2.05, 4.69) is 9.88 Å². The van der Waals surface area contributed by atoms with Gasteiger partial charge in [0.1, 0.15) is 0 Å². The van der Waals surface area contributed by atoms with Crippen LogP contribution in [0.5, 0.6) is 0 Å². The highest BCUT2D eigenvalue weighted by Crippen LogP contribution is 2.24. The Bertz CT molecular complexity index is 656. The monoisotopic (exact) mass is 343 g/mol. The number of aromatic nitrogens is 1. The first-order valence-electron chi connectivity index (χ1n) is 7.61. The summed E-state index contributed by atoms with van der Waals surface area (Å²) in [4.78, 5) is 21.1. The number of anilines is 1. The summed E-state index contributed by atoms with van der Waals surface area (Å²) in [5.74, 6) is -0.142. The predicted octanol–water partition coefficient (Wildman–Crippen LogP) is 0.925. The van der Waals surface area contributed by atoms with Gasteiger partial charge in [0.05, 0.1) is 23.1 Å². The Morgan fingerprint density at radius 1 is 1.32 bits per heavy atom. The van der Waals surface area contributed by atoms with Crippen LogP contribution in [0.2, 0.25) is 0 Å². The quantitative estimate of drug-likeness (QED) is 0.799. The summed E-state index contributed by atoms with van der Waals surface area (Å²) in [6, 6.07) is 0. The van der Waals surface area contributed by atoms with Gasteiger partial charge in [-0.15, -0.1) is 11.3 Å². The van der Waals surface area contributed by atoms with Crippen LogP contribution < -0.4 is 4.90 Å². The van der Waals surface area contributed by atoms with E-state index in [0.29, 0.717) is 19.5 Å². The lowest BCUT2D eigenvalue weighted by Crippen LogP contribution is -2.39. The number of amides is 1. The second-order valence-electron chi connectivity index (χ2n) is 6.04. The molecule has 1 atom stereocenters. The van der Waals surface area contributed by atoms with Crippen molar-refractivity contribution >= 4 is 32.2 Å². The van der Waals surface area contributed by atoms with Crippen LogP contribution in [0.3, 0.4) is 0 Å². The number of thiazole rings is 1. The van der Waals surface area contributed by atoms with E-state index in [0.717, 1.165) is 30.3 Å². The topological polar surface area (TPSA) is 70.6 Å². The predicted molar refractivity (Wildman–Crippen MR) is 87.0 cm³/mol. The summed E-state index contributed by atoms with van der Waals surface area (Å²) in [6.07, 6.45) is 1.37. The van der Waals surface area contributed by atoms with E-state index in [9.17, 15) is 13.2 Å². The molecule has 0 saturated carbocycles. The maximum Gasteiger partial charge on any atom is 0.226 e. The Morgan fingerprint density at radius 2 is 2.14 bits per heavy atom. The SMILES string of the molecule is Cc1csc(N2CCCN(C(=O)C3CCS(=O)(=O)C3)CC2)n1. The van der Waals surface area contributed by atoms with E-state index >= 15 is 0 Å². The van der Waals surface area contributed by atoms with Gasteiger partial charge >= 0.3 is 0 Å².